The van der Waals surface area contributed by atoms with Gasteiger partial charge in [-0.15, -0.1) is 10.2 Å². The largest absolute Gasteiger partial charge is 0.493 e. The Balaban J connectivity index is 1.43. The molecule has 5 rings (SSSR count). The summed E-state index contributed by atoms with van der Waals surface area (Å²) in [6.07, 6.45) is 9.76. The first-order valence-electron chi connectivity index (χ1n) is 14.8. The van der Waals surface area contributed by atoms with Gasteiger partial charge in [0.05, 0.1) is 14.2 Å². The van der Waals surface area contributed by atoms with Crippen LogP contribution in [0.2, 0.25) is 0 Å². The minimum Gasteiger partial charge on any atom is -0.493 e. The van der Waals surface area contributed by atoms with Crippen molar-refractivity contribution < 1.29 is 23.5 Å². The van der Waals surface area contributed by atoms with Gasteiger partial charge in [-0.1, -0.05) is 50.7 Å². The Morgan fingerprint density at radius 3 is 2.29 bits per heavy atom. The first-order valence-corrected chi connectivity index (χ1v) is 14.8. The van der Waals surface area contributed by atoms with Crippen LogP contribution in [-0.2, 0) is 16.1 Å². The van der Waals surface area contributed by atoms with Gasteiger partial charge < -0.3 is 19.7 Å². The molecule has 1 N–H and O–H groups in total. The van der Waals surface area contributed by atoms with Crippen molar-refractivity contribution in [1.29, 1.82) is 0 Å². The molecule has 2 amide bonds. The number of tetrazole rings is 1. The predicted octanol–water partition coefficient (Wildman–Crippen LogP) is 4.85. The lowest BCUT2D eigenvalue weighted by Crippen LogP contribution is -2.52. The number of hydrogen-bond donors (Lipinski definition) is 1. The van der Waals surface area contributed by atoms with Gasteiger partial charge >= 0.3 is 0 Å². The van der Waals surface area contributed by atoms with Crippen LogP contribution >= 0.6 is 0 Å². The molecular formula is C31H39FN6O4. The van der Waals surface area contributed by atoms with Gasteiger partial charge in [0.15, 0.2) is 11.5 Å². The van der Waals surface area contributed by atoms with E-state index in [1.807, 2.05) is 0 Å². The number of ether oxygens (including phenoxy) is 2. The number of halogens is 1. The number of nitrogens with zero attached hydrogens (tertiary/aromatic N) is 5. The average Bonchev–Trinajstić information content (AvgIpc) is 3.49. The van der Waals surface area contributed by atoms with Crippen LogP contribution in [0.15, 0.2) is 42.5 Å². The van der Waals surface area contributed by atoms with Gasteiger partial charge in [-0.25, -0.2) is 4.39 Å². The molecule has 1 heterocycles. The second-order valence-corrected chi connectivity index (χ2v) is 11.1. The monoisotopic (exact) mass is 578 g/mol. The molecule has 2 aliphatic carbocycles. The SMILES string of the molecule is COc1ccc(-c2nnn(CC(=O)N(C3CCCCC3)[C@H](C(=O)NC3CCCCC3)c3ccc(F)cc3)n2)cc1OC. The maximum absolute atomic E-state index is 14.1. The summed E-state index contributed by atoms with van der Waals surface area (Å²) in [4.78, 5) is 31.0. The highest BCUT2D eigenvalue weighted by molar-refractivity contribution is 5.89. The summed E-state index contributed by atoms with van der Waals surface area (Å²) in [5.74, 6) is 0.520. The van der Waals surface area contributed by atoms with Crippen LogP contribution in [-0.4, -0.2) is 63.2 Å². The van der Waals surface area contributed by atoms with E-state index in [0.29, 0.717) is 28.5 Å². The molecule has 0 bridgehead atoms. The van der Waals surface area contributed by atoms with E-state index >= 15 is 0 Å². The summed E-state index contributed by atoms with van der Waals surface area (Å²) in [5, 5.41) is 16.0. The van der Waals surface area contributed by atoms with Crippen molar-refractivity contribution in [2.45, 2.75) is 88.9 Å². The van der Waals surface area contributed by atoms with E-state index in [1.165, 1.54) is 16.9 Å². The maximum Gasteiger partial charge on any atom is 0.247 e. The molecule has 0 unspecified atom stereocenters. The highest BCUT2D eigenvalue weighted by Gasteiger charge is 2.38. The standard InChI is InChI=1S/C31H39FN6O4/c1-41-26-18-15-22(19-27(26)42-2)30-34-36-37(35-30)20-28(39)38(25-11-7-4-8-12-25)29(21-13-16-23(32)17-14-21)31(40)33-24-9-5-3-6-10-24/h13-19,24-25,29H,3-12,20H2,1-2H3,(H,33,40)/t29-/m0/s1. The summed E-state index contributed by atoms with van der Waals surface area (Å²) < 4.78 is 24.6. The van der Waals surface area contributed by atoms with Gasteiger partial charge in [-0.2, -0.15) is 4.80 Å². The molecule has 1 atom stereocenters. The molecule has 0 radical (unpaired) electrons. The van der Waals surface area contributed by atoms with Crippen molar-refractivity contribution in [3.63, 3.8) is 0 Å². The molecule has 10 nitrogen and oxygen atoms in total. The lowest BCUT2D eigenvalue weighted by atomic mass is 9.90. The smallest absolute Gasteiger partial charge is 0.247 e. The molecule has 2 aromatic carbocycles. The third kappa shape index (κ3) is 6.88. The molecular weight excluding hydrogens is 539 g/mol. The quantitative estimate of drug-likeness (QED) is 0.366. The predicted molar refractivity (Wildman–Crippen MR) is 154 cm³/mol. The molecule has 0 spiro atoms. The van der Waals surface area contributed by atoms with E-state index in [4.69, 9.17) is 9.47 Å². The fourth-order valence-corrected chi connectivity index (χ4v) is 6.13. The van der Waals surface area contributed by atoms with Gasteiger partial charge in [-0.3, -0.25) is 9.59 Å². The molecule has 3 aromatic rings. The highest BCUT2D eigenvalue weighted by Crippen LogP contribution is 2.33. The molecule has 0 saturated heterocycles. The van der Waals surface area contributed by atoms with E-state index in [1.54, 1.807) is 49.5 Å². The maximum atomic E-state index is 14.1. The van der Waals surface area contributed by atoms with Crippen LogP contribution in [0.1, 0.15) is 75.8 Å². The third-order valence-electron chi connectivity index (χ3n) is 8.29. The van der Waals surface area contributed by atoms with E-state index in [-0.39, 0.29) is 30.4 Å². The molecule has 2 saturated carbocycles. The summed E-state index contributed by atoms with van der Waals surface area (Å²) >= 11 is 0. The summed E-state index contributed by atoms with van der Waals surface area (Å²) in [6, 6.07) is 10.2. The van der Waals surface area contributed by atoms with Crippen LogP contribution in [0.25, 0.3) is 11.4 Å². The minimum atomic E-state index is -0.892. The molecule has 42 heavy (non-hydrogen) atoms. The number of methoxy groups -OCH3 is 2. The van der Waals surface area contributed by atoms with Crippen LogP contribution < -0.4 is 14.8 Å². The number of aromatic nitrogens is 4. The first-order chi connectivity index (χ1) is 20.5. The number of benzene rings is 2. The number of carbonyl (C=O) groups excluding carboxylic acids is 2. The number of nitrogens with one attached hydrogen (secondary N) is 1. The average molecular weight is 579 g/mol. The molecule has 11 heteroatoms. The Morgan fingerprint density at radius 2 is 1.62 bits per heavy atom. The zero-order chi connectivity index (χ0) is 29.5. The van der Waals surface area contributed by atoms with Crippen LogP contribution in [0.3, 0.4) is 0 Å². The lowest BCUT2D eigenvalue weighted by molar-refractivity contribution is -0.145. The Bertz CT molecular complexity index is 1350. The number of hydrogen-bond acceptors (Lipinski definition) is 7. The van der Waals surface area contributed by atoms with E-state index < -0.39 is 11.9 Å². The molecule has 0 aliphatic heterocycles. The molecule has 2 fully saturated rings. The van der Waals surface area contributed by atoms with Gasteiger partial charge in [0.25, 0.3) is 0 Å². The van der Waals surface area contributed by atoms with Crippen molar-refractivity contribution in [2.75, 3.05) is 14.2 Å². The van der Waals surface area contributed by atoms with Gasteiger partial charge in [0, 0.05) is 17.6 Å². The van der Waals surface area contributed by atoms with Crippen LogP contribution in [0, 0.1) is 5.82 Å². The second kappa shape index (κ2) is 13.8. The van der Waals surface area contributed by atoms with Crippen molar-refractivity contribution >= 4 is 11.8 Å². The summed E-state index contributed by atoms with van der Waals surface area (Å²) in [7, 11) is 3.11. The lowest BCUT2D eigenvalue weighted by Gasteiger charge is -2.40. The molecule has 224 valence electrons. The summed E-state index contributed by atoms with van der Waals surface area (Å²) in [6.45, 7) is -0.189. The van der Waals surface area contributed by atoms with E-state index in [0.717, 1.165) is 64.2 Å². The van der Waals surface area contributed by atoms with E-state index in [9.17, 15) is 14.0 Å². The molecule has 1 aromatic heterocycles. The van der Waals surface area contributed by atoms with Crippen molar-refractivity contribution in [3.05, 3.63) is 53.8 Å². The second-order valence-electron chi connectivity index (χ2n) is 11.1. The van der Waals surface area contributed by atoms with Gasteiger partial charge in [0.1, 0.15) is 18.4 Å². The number of rotatable bonds is 10. The normalized spacial score (nSPS) is 16.9. The Labute approximate surface area is 245 Å². The van der Waals surface area contributed by atoms with Crippen molar-refractivity contribution in [3.8, 4) is 22.9 Å². The zero-order valence-electron chi connectivity index (χ0n) is 24.3. The number of carbonyl (C=O) groups is 2. The Morgan fingerprint density at radius 1 is 0.952 bits per heavy atom. The van der Waals surface area contributed by atoms with Crippen LogP contribution in [0.5, 0.6) is 11.5 Å². The Kier molecular flexibility index (Phi) is 9.66. The zero-order valence-corrected chi connectivity index (χ0v) is 24.3. The Hall–Kier alpha value is -4.02. The van der Waals surface area contributed by atoms with E-state index in [2.05, 4.69) is 20.7 Å². The fourth-order valence-electron chi connectivity index (χ4n) is 6.13. The van der Waals surface area contributed by atoms with Crippen molar-refractivity contribution in [1.82, 2.24) is 30.4 Å². The molecule has 2 aliphatic rings. The summed E-state index contributed by atoms with van der Waals surface area (Å²) in [5.41, 5.74) is 1.24. The third-order valence-corrected chi connectivity index (χ3v) is 8.29. The topological polar surface area (TPSA) is 111 Å². The fraction of sp³-hybridized carbons (Fsp3) is 0.516. The van der Waals surface area contributed by atoms with Crippen molar-refractivity contribution in [2.24, 2.45) is 0 Å². The minimum absolute atomic E-state index is 0.0681. The van der Waals surface area contributed by atoms with Gasteiger partial charge in [0.2, 0.25) is 17.6 Å². The highest BCUT2D eigenvalue weighted by atomic mass is 19.1. The number of amides is 2. The van der Waals surface area contributed by atoms with Crippen LogP contribution in [0.4, 0.5) is 4.39 Å². The first kappa shape index (κ1) is 29.5. The van der Waals surface area contributed by atoms with Gasteiger partial charge in [-0.05, 0) is 66.8 Å².